The number of anilines is 1. The number of carbonyl (C=O) groups is 2. The number of hydrogen-bond acceptors (Lipinski definition) is 5. The normalized spacial score (nSPS) is 15.0. The summed E-state index contributed by atoms with van der Waals surface area (Å²) in [5.74, 6) is 0.344. The Morgan fingerprint density at radius 3 is 2.52 bits per heavy atom. The maximum Gasteiger partial charge on any atom is 0.338 e. The summed E-state index contributed by atoms with van der Waals surface area (Å²) >= 11 is 0. The number of para-hydroxylation sites is 1. The maximum absolute atomic E-state index is 12.8. The van der Waals surface area contributed by atoms with Gasteiger partial charge in [0.1, 0.15) is 11.5 Å². The van der Waals surface area contributed by atoms with E-state index in [2.05, 4.69) is 5.10 Å². The van der Waals surface area contributed by atoms with E-state index >= 15 is 0 Å². The fraction of sp³-hybridized carbons (Fsp3) is 0.0870. The first-order chi connectivity index (χ1) is 14.1. The standard InChI is InChI=1S/C23H18N2O4/c1-15-20(22(26)25(24-15)16-8-4-3-5-9-16)14-17-12-13-21(29-17)18-10-6-7-11-19(18)23(27)28-2/h3-14H,1-2H3/b20-14+. The molecule has 0 fully saturated rings. The minimum atomic E-state index is -0.440. The van der Waals surface area contributed by atoms with E-state index in [1.54, 1.807) is 43.3 Å². The lowest BCUT2D eigenvalue weighted by Crippen LogP contribution is -2.21. The van der Waals surface area contributed by atoms with Crippen molar-refractivity contribution in [2.75, 3.05) is 12.1 Å². The molecule has 0 spiro atoms. The molecule has 0 saturated heterocycles. The Balaban J connectivity index is 1.65. The summed E-state index contributed by atoms with van der Waals surface area (Å²) in [4.78, 5) is 24.8. The molecule has 0 atom stereocenters. The van der Waals surface area contributed by atoms with E-state index in [-0.39, 0.29) is 5.91 Å². The number of ether oxygens (including phenoxy) is 1. The van der Waals surface area contributed by atoms with Crippen LogP contribution in [0.3, 0.4) is 0 Å². The average Bonchev–Trinajstić information content (AvgIpc) is 3.34. The first-order valence-corrected chi connectivity index (χ1v) is 9.03. The molecule has 6 nitrogen and oxygen atoms in total. The van der Waals surface area contributed by atoms with Gasteiger partial charge in [0.2, 0.25) is 0 Å². The van der Waals surface area contributed by atoms with Gasteiger partial charge in [-0.1, -0.05) is 36.4 Å². The quantitative estimate of drug-likeness (QED) is 0.487. The van der Waals surface area contributed by atoms with E-state index in [9.17, 15) is 9.59 Å². The van der Waals surface area contributed by atoms with Gasteiger partial charge >= 0.3 is 5.97 Å². The molecule has 0 saturated carbocycles. The molecule has 6 heteroatoms. The van der Waals surface area contributed by atoms with Gasteiger partial charge in [0.05, 0.1) is 29.6 Å². The van der Waals surface area contributed by atoms with Gasteiger partial charge in [-0.05, 0) is 43.3 Å². The molecule has 4 rings (SSSR count). The highest BCUT2D eigenvalue weighted by atomic mass is 16.5. The van der Waals surface area contributed by atoms with Crippen LogP contribution in [0.1, 0.15) is 23.0 Å². The Morgan fingerprint density at radius 2 is 1.76 bits per heavy atom. The van der Waals surface area contributed by atoms with Gasteiger partial charge in [-0.15, -0.1) is 0 Å². The molecule has 144 valence electrons. The number of hydrazone groups is 1. The summed E-state index contributed by atoms with van der Waals surface area (Å²) in [5.41, 5.74) is 2.79. The molecule has 2 heterocycles. The van der Waals surface area contributed by atoms with Crippen molar-refractivity contribution in [3.8, 4) is 11.3 Å². The summed E-state index contributed by atoms with van der Waals surface area (Å²) in [6.45, 7) is 1.78. The number of benzene rings is 2. The van der Waals surface area contributed by atoms with E-state index in [4.69, 9.17) is 9.15 Å². The summed E-state index contributed by atoms with van der Waals surface area (Å²) in [7, 11) is 1.34. The summed E-state index contributed by atoms with van der Waals surface area (Å²) < 4.78 is 10.7. The third-order valence-electron chi connectivity index (χ3n) is 4.57. The van der Waals surface area contributed by atoms with Crippen molar-refractivity contribution in [2.24, 2.45) is 5.10 Å². The van der Waals surface area contributed by atoms with E-state index in [1.807, 2.05) is 36.4 Å². The highest BCUT2D eigenvalue weighted by Crippen LogP contribution is 2.29. The maximum atomic E-state index is 12.8. The van der Waals surface area contributed by atoms with E-state index < -0.39 is 5.97 Å². The Kier molecular flexibility index (Phi) is 4.83. The number of rotatable bonds is 4. The lowest BCUT2D eigenvalue weighted by atomic mass is 10.1. The van der Waals surface area contributed by atoms with Crippen LogP contribution in [-0.4, -0.2) is 24.7 Å². The third-order valence-corrected chi connectivity index (χ3v) is 4.57. The minimum Gasteiger partial charge on any atom is -0.465 e. The second kappa shape index (κ2) is 7.59. The third kappa shape index (κ3) is 3.48. The van der Waals surface area contributed by atoms with Crippen molar-refractivity contribution in [2.45, 2.75) is 6.92 Å². The van der Waals surface area contributed by atoms with Gasteiger partial charge in [-0.2, -0.15) is 10.1 Å². The molecule has 1 amide bonds. The van der Waals surface area contributed by atoms with Crippen LogP contribution in [0.4, 0.5) is 5.69 Å². The van der Waals surface area contributed by atoms with Gasteiger partial charge < -0.3 is 9.15 Å². The molecule has 29 heavy (non-hydrogen) atoms. The number of nitrogens with zero attached hydrogens (tertiary/aromatic N) is 2. The van der Waals surface area contributed by atoms with Crippen molar-refractivity contribution in [3.63, 3.8) is 0 Å². The molecule has 2 aromatic carbocycles. The lowest BCUT2D eigenvalue weighted by Gasteiger charge is -2.10. The smallest absolute Gasteiger partial charge is 0.338 e. The van der Waals surface area contributed by atoms with Gasteiger partial charge in [0.25, 0.3) is 5.91 Å². The van der Waals surface area contributed by atoms with E-state index in [0.717, 1.165) is 0 Å². The summed E-state index contributed by atoms with van der Waals surface area (Å²) in [6.07, 6.45) is 1.66. The zero-order valence-electron chi connectivity index (χ0n) is 16.0. The predicted octanol–water partition coefficient (Wildman–Crippen LogP) is 4.54. The molecule has 0 bridgehead atoms. The SMILES string of the molecule is COC(=O)c1ccccc1-c1ccc(/C=C2/C(=O)N(c3ccccc3)N=C2C)o1. The first kappa shape index (κ1) is 18.4. The predicted molar refractivity (Wildman–Crippen MR) is 110 cm³/mol. The van der Waals surface area contributed by atoms with Crippen LogP contribution >= 0.6 is 0 Å². The average molecular weight is 386 g/mol. The van der Waals surface area contributed by atoms with Crippen LogP contribution < -0.4 is 5.01 Å². The molecule has 0 N–H and O–H groups in total. The highest BCUT2D eigenvalue weighted by molar-refractivity contribution is 6.32. The largest absolute Gasteiger partial charge is 0.465 e. The molecular formula is C23H18N2O4. The first-order valence-electron chi connectivity index (χ1n) is 9.03. The molecule has 1 aliphatic rings. The molecule has 0 aliphatic carbocycles. The molecule has 1 aromatic heterocycles. The number of methoxy groups -OCH3 is 1. The number of esters is 1. The van der Waals surface area contributed by atoms with Crippen LogP contribution in [0.25, 0.3) is 17.4 Å². The monoisotopic (exact) mass is 386 g/mol. The fourth-order valence-electron chi connectivity index (χ4n) is 3.13. The van der Waals surface area contributed by atoms with Gasteiger partial charge in [0, 0.05) is 5.56 Å². The van der Waals surface area contributed by atoms with Gasteiger partial charge in [-0.25, -0.2) is 4.79 Å². The minimum absolute atomic E-state index is 0.221. The number of furan rings is 1. The van der Waals surface area contributed by atoms with E-state index in [0.29, 0.717) is 39.6 Å². The Bertz CT molecular complexity index is 1140. The Hall–Kier alpha value is -3.93. The number of carbonyl (C=O) groups excluding carboxylic acids is 2. The van der Waals surface area contributed by atoms with Crippen molar-refractivity contribution in [1.29, 1.82) is 0 Å². The van der Waals surface area contributed by atoms with Crippen LogP contribution in [0.5, 0.6) is 0 Å². The molecular weight excluding hydrogens is 368 g/mol. The zero-order valence-corrected chi connectivity index (χ0v) is 16.0. The second-order valence-electron chi connectivity index (χ2n) is 6.44. The number of hydrogen-bond donors (Lipinski definition) is 0. The molecule has 1 aliphatic heterocycles. The van der Waals surface area contributed by atoms with Gasteiger partial charge in [0.15, 0.2) is 0 Å². The summed E-state index contributed by atoms with van der Waals surface area (Å²) in [5, 5.41) is 5.73. The van der Waals surface area contributed by atoms with Crippen molar-refractivity contribution in [3.05, 3.63) is 83.6 Å². The number of amides is 1. The molecule has 3 aromatic rings. The van der Waals surface area contributed by atoms with Crippen molar-refractivity contribution in [1.82, 2.24) is 0 Å². The van der Waals surface area contributed by atoms with E-state index in [1.165, 1.54) is 12.1 Å². The topological polar surface area (TPSA) is 72.1 Å². The van der Waals surface area contributed by atoms with Crippen LogP contribution in [0, 0.1) is 0 Å². The zero-order chi connectivity index (χ0) is 20.4. The second-order valence-corrected chi connectivity index (χ2v) is 6.44. The highest BCUT2D eigenvalue weighted by Gasteiger charge is 2.29. The van der Waals surface area contributed by atoms with Crippen molar-refractivity contribution >= 4 is 29.4 Å². The van der Waals surface area contributed by atoms with Crippen LogP contribution in [0.15, 0.2) is 81.8 Å². The van der Waals surface area contributed by atoms with Crippen LogP contribution in [-0.2, 0) is 9.53 Å². The fourth-order valence-corrected chi connectivity index (χ4v) is 3.13. The van der Waals surface area contributed by atoms with Gasteiger partial charge in [-0.3, -0.25) is 4.79 Å². The summed E-state index contributed by atoms with van der Waals surface area (Å²) in [6, 6.07) is 19.8. The Labute approximate surface area is 167 Å². The van der Waals surface area contributed by atoms with Crippen molar-refractivity contribution < 1.29 is 18.7 Å². The molecule has 0 radical (unpaired) electrons. The Morgan fingerprint density at radius 1 is 1.03 bits per heavy atom. The molecule has 0 unspecified atom stereocenters. The lowest BCUT2D eigenvalue weighted by molar-refractivity contribution is -0.114. The van der Waals surface area contributed by atoms with Crippen LogP contribution in [0.2, 0.25) is 0 Å².